The molecule has 0 bridgehead atoms. The molecule has 1 N–H and O–H groups in total. The van der Waals surface area contributed by atoms with Crippen LogP contribution in [0, 0.1) is 6.92 Å². The van der Waals surface area contributed by atoms with E-state index in [0.717, 1.165) is 23.1 Å². The van der Waals surface area contributed by atoms with Crippen molar-refractivity contribution in [2.75, 3.05) is 0 Å². The van der Waals surface area contributed by atoms with E-state index in [1.165, 1.54) is 18.4 Å². The zero-order valence-electron chi connectivity index (χ0n) is 11.0. The Labute approximate surface area is 118 Å². The van der Waals surface area contributed by atoms with Crippen LogP contribution >= 0.6 is 11.6 Å². The second kappa shape index (κ2) is 5.40. The Morgan fingerprint density at radius 2 is 1.89 bits per heavy atom. The van der Waals surface area contributed by atoms with Gasteiger partial charge in [0.05, 0.1) is 6.54 Å². The van der Waals surface area contributed by atoms with Crippen LogP contribution < -0.4 is 5.32 Å². The number of aryl methyl sites for hydroxylation is 1. The predicted octanol–water partition coefficient (Wildman–Crippen LogP) is 4.28. The Morgan fingerprint density at radius 3 is 2.53 bits per heavy atom. The van der Waals surface area contributed by atoms with Crippen molar-refractivity contribution >= 4 is 11.6 Å². The second-order valence-electron chi connectivity index (χ2n) is 5.31. The Morgan fingerprint density at radius 1 is 1.16 bits per heavy atom. The Hall–Kier alpha value is -1.25. The van der Waals surface area contributed by atoms with Gasteiger partial charge in [-0.1, -0.05) is 23.7 Å². The van der Waals surface area contributed by atoms with Gasteiger partial charge in [-0.05, 0) is 55.5 Å². The van der Waals surface area contributed by atoms with Crippen molar-refractivity contribution in [1.29, 1.82) is 0 Å². The molecule has 0 spiro atoms. The van der Waals surface area contributed by atoms with Gasteiger partial charge in [-0.3, -0.25) is 0 Å². The van der Waals surface area contributed by atoms with Crippen molar-refractivity contribution in [3.05, 3.63) is 58.5 Å². The number of hydrogen-bond donors (Lipinski definition) is 1. The molecule has 1 heterocycles. The molecule has 2 nitrogen and oxygen atoms in total. The van der Waals surface area contributed by atoms with Crippen molar-refractivity contribution in [2.45, 2.75) is 38.3 Å². The van der Waals surface area contributed by atoms with Crippen LogP contribution in [0.15, 0.2) is 40.8 Å². The van der Waals surface area contributed by atoms with Gasteiger partial charge in [-0.25, -0.2) is 0 Å². The Bertz CT molecular complexity index is 540. The van der Waals surface area contributed by atoms with E-state index >= 15 is 0 Å². The Kier molecular flexibility index (Phi) is 3.63. The summed E-state index contributed by atoms with van der Waals surface area (Å²) in [6, 6.07) is 12.9. The molecule has 1 aromatic carbocycles. The number of hydrogen-bond acceptors (Lipinski definition) is 2. The van der Waals surface area contributed by atoms with Gasteiger partial charge in [0.1, 0.15) is 11.5 Å². The molecule has 3 rings (SSSR count). The summed E-state index contributed by atoms with van der Waals surface area (Å²) in [5.74, 6) is 2.67. The summed E-state index contributed by atoms with van der Waals surface area (Å²) in [7, 11) is 0. The monoisotopic (exact) mass is 275 g/mol. The minimum Gasteiger partial charge on any atom is -0.465 e. The molecule has 2 aromatic rings. The molecule has 0 atom stereocenters. The summed E-state index contributed by atoms with van der Waals surface area (Å²) in [6.45, 7) is 2.80. The topological polar surface area (TPSA) is 25.2 Å². The fourth-order valence-corrected chi connectivity index (χ4v) is 2.74. The lowest BCUT2D eigenvalue weighted by Crippen LogP contribution is -2.39. The molecular formula is C16H18ClNO. The van der Waals surface area contributed by atoms with Crippen LogP contribution in [0.25, 0.3) is 0 Å². The highest BCUT2D eigenvalue weighted by Crippen LogP contribution is 2.37. The molecule has 3 heteroatoms. The first-order valence-corrected chi connectivity index (χ1v) is 7.12. The van der Waals surface area contributed by atoms with Crippen LogP contribution in [0.5, 0.6) is 0 Å². The van der Waals surface area contributed by atoms with E-state index in [9.17, 15) is 0 Å². The minimum absolute atomic E-state index is 0.603. The van der Waals surface area contributed by atoms with E-state index in [0.29, 0.717) is 12.0 Å². The largest absolute Gasteiger partial charge is 0.465 e. The molecule has 0 amide bonds. The highest BCUT2D eigenvalue weighted by atomic mass is 35.5. The molecule has 0 unspecified atom stereocenters. The van der Waals surface area contributed by atoms with E-state index in [-0.39, 0.29) is 0 Å². The molecular weight excluding hydrogens is 258 g/mol. The van der Waals surface area contributed by atoms with Crippen LogP contribution in [0.4, 0.5) is 0 Å². The molecule has 1 saturated carbocycles. The summed E-state index contributed by atoms with van der Waals surface area (Å²) in [4.78, 5) is 0. The highest BCUT2D eigenvalue weighted by Gasteiger charge is 2.29. The first kappa shape index (κ1) is 12.8. The van der Waals surface area contributed by atoms with Crippen LogP contribution in [-0.4, -0.2) is 6.04 Å². The lowest BCUT2D eigenvalue weighted by molar-refractivity contribution is 0.281. The quantitative estimate of drug-likeness (QED) is 0.901. The SMILES string of the molecule is Cc1ccc(CNC2CC(c3ccc(Cl)cc3)C2)o1. The fourth-order valence-electron chi connectivity index (χ4n) is 2.62. The maximum Gasteiger partial charge on any atom is 0.117 e. The molecule has 1 aliphatic rings. The van der Waals surface area contributed by atoms with Crippen molar-refractivity contribution in [2.24, 2.45) is 0 Å². The van der Waals surface area contributed by atoms with Gasteiger partial charge >= 0.3 is 0 Å². The number of rotatable bonds is 4. The number of furan rings is 1. The Balaban J connectivity index is 1.46. The lowest BCUT2D eigenvalue weighted by atomic mass is 9.76. The van der Waals surface area contributed by atoms with Crippen molar-refractivity contribution in [3.8, 4) is 0 Å². The van der Waals surface area contributed by atoms with Gasteiger partial charge in [0.2, 0.25) is 0 Å². The van der Waals surface area contributed by atoms with Gasteiger partial charge in [0, 0.05) is 11.1 Å². The standard InChI is InChI=1S/C16H18ClNO/c1-11-2-7-16(19-11)10-18-15-8-13(9-15)12-3-5-14(17)6-4-12/h2-7,13,15,18H,8-10H2,1H3. The van der Waals surface area contributed by atoms with Crippen molar-refractivity contribution in [1.82, 2.24) is 5.32 Å². The summed E-state index contributed by atoms with van der Waals surface area (Å²) in [5, 5.41) is 4.35. The first-order chi connectivity index (χ1) is 9.20. The number of halogens is 1. The fraction of sp³-hybridized carbons (Fsp3) is 0.375. The summed E-state index contributed by atoms with van der Waals surface area (Å²) in [6.07, 6.45) is 2.39. The average Bonchev–Trinajstić information content (AvgIpc) is 2.75. The molecule has 1 aromatic heterocycles. The molecule has 100 valence electrons. The number of benzene rings is 1. The lowest BCUT2D eigenvalue weighted by Gasteiger charge is -2.36. The predicted molar refractivity (Wildman–Crippen MR) is 77.5 cm³/mol. The molecule has 19 heavy (non-hydrogen) atoms. The van der Waals surface area contributed by atoms with E-state index in [4.69, 9.17) is 16.0 Å². The third-order valence-corrected chi connectivity index (χ3v) is 4.09. The zero-order valence-corrected chi connectivity index (χ0v) is 11.8. The molecule has 0 radical (unpaired) electrons. The zero-order chi connectivity index (χ0) is 13.2. The first-order valence-electron chi connectivity index (χ1n) is 6.75. The number of nitrogens with one attached hydrogen (secondary N) is 1. The summed E-state index contributed by atoms with van der Waals surface area (Å²) < 4.78 is 5.55. The van der Waals surface area contributed by atoms with E-state index in [1.807, 2.05) is 31.2 Å². The average molecular weight is 276 g/mol. The molecule has 1 fully saturated rings. The normalized spacial score (nSPS) is 22.2. The maximum absolute atomic E-state index is 5.90. The van der Waals surface area contributed by atoms with Crippen LogP contribution in [-0.2, 0) is 6.54 Å². The van der Waals surface area contributed by atoms with E-state index < -0.39 is 0 Å². The van der Waals surface area contributed by atoms with Crippen LogP contribution in [0.3, 0.4) is 0 Å². The smallest absolute Gasteiger partial charge is 0.117 e. The van der Waals surface area contributed by atoms with Gasteiger partial charge < -0.3 is 9.73 Å². The van der Waals surface area contributed by atoms with Gasteiger partial charge in [0.15, 0.2) is 0 Å². The third-order valence-electron chi connectivity index (χ3n) is 3.84. The third kappa shape index (κ3) is 3.02. The highest BCUT2D eigenvalue weighted by molar-refractivity contribution is 6.30. The van der Waals surface area contributed by atoms with Gasteiger partial charge in [0.25, 0.3) is 0 Å². The van der Waals surface area contributed by atoms with Crippen molar-refractivity contribution in [3.63, 3.8) is 0 Å². The second-order valence-corrected chi connectivity index (χ2v) is 5.75. The molecule has 0 aliphatic heterocycles. The molecule has 0 saturated heterocycles. The molecule has 1 aliphatic carbocycles. The van der Waals surface area contributed by atoms with E-state index in [1.54, 1.807) is 0 Å². The summed E-state index contributed by atoms with van der Waals surface area (Å²) in [5.41, 5.74) is 1.40. The van der Waals surface area contributed by atoms with Crippen LogP contribution in [0.2, 0.25) is 5.02 Å². The van der Waals surface area contributed by atoms with Crippen molar-refractivity contribution < 1.29 is 4.42 Å². The van der Waals surface area contributed by atoms with Gasteiger partial charge in [-0.2, -0.15) is 0 Å². The summed E-state index contributed by atoms with van der Waals surface area (Å²) >= 11 is 5.90. The van der Waals surface area contributed by atoms with E-state index in [2.05, 4.69) is 17.4 Å². The van der Waals surface area contributed by atoms with Crippen LogP contribution in [0.1, 0.15) is 35.8 Å². The van der Waals surface area contributed by atoms with Gasteiger partial charge in [-0.15, -0.1) is 0 Å². The minimum atomic E-state index is 0.603. The maximum atomic E-state index is 5.90.